The first-order valence-corrected chi connectivity index (χ1v) is 9.27. The van der Waals surface area contributed by atoms with E-state index in [1.165, 1.54) is 10.3 Å². The molecule has 0 aliphatic rings. The number of benzene rings is 2. The lowest BCUT2D eigenvalue weighted by molar-refractivity contribution is 0.582. The highest BCUT2D eigenvalue weighted by Crippen LogP contribution is 2.42. The standard InChI is InChI=1S/C23H14NOS/c1-2-8-17-16(7-1)18(22-11-6-14-26-22)15-19(21-10-5-13-25-21)23(17)20-9-3-4-12-24-20/h1-14H. The second-order valence-electron chi connectivity index (χ2n) is 5.97. The zero-order chi connectivity index (χ0) is 17.3. The SMILES string of the molecule is [c]1c(-c2ccco2)c(-c2ccccn2)c2ccccc2c1-c1cccs1. The van der Waals surface area contributed by atoms with Crippen LogP contribution in [0.2, 0.25) is 0 Å². The summed E-state index contributed by atoms with van der Waals surface area (Å²) >= 11 is 1.72. The van der Waals surface area contributed by atoms with Gasteiger partial charge in [0.15, 0.2) is 0 Å². The van der Waals surface area contributed by atoms with Crippen LogP contribution < -0.4 is 0 Å². The van der Waals surface area contributed by atoms with Gasteiger partial charge in [-0.15, -0.1) is 11.3 Å². The Labute approximate surface area is 155 Å². The highest BCUT2D eigenvalue weighted by atomic mass is 32.1. The average Bonchev–Trinajstić information content (AvgIpc) is 3.41. The summed E-state index contributed by atoms with van der Waals surface area (Å²) in [6, 6.07) is 26.1. The third-order valence-corrected chi connectivity index (χ3v) is 5.31. The number of nitrogens with zero attached hydrogens (tertiary/aromatic N) is 1. The van der Waals surface area contributed by atoms with Crippen LogP contribution in [0.5, 0.6) is 0 Å². The van der Waals surface area contributed by atoms with Gasteiger partial charge in [0.1, 0.15) is 5.76 Å². The maximum atomic E-state index is 5.75. The first kappa shape index (κ1) is 15.1. The van der Waals surface area contributed by atoms with Crippen molar-refractivity contribution in [1.82, 2.24) is 4.98 Å². The van der Waals surface area contributed by atoms with Gasteiger partial charge >= 0.3 is 0 Å². The molecule has 2 nitrogen and oxygen atoms in total. The smallest absolute Gasteiger partial charge is 0.135 e. The summed E-state index contributed by atoms with van der Waals surface area (Å²) in [4.78, 5) is 5.80. The third kappa shape index (κ3) is 2.45. The average molecular weight is 352 g/mol. The normalized spacial score (nSPS) is 11.1. The Bertz CT molecular complexity index is 1160. The van der Waals surface area contributed by atoms with E-state index >= 15 is 0 Å². The minimum absolute atomic E-state index is 0.800. The molecule has 0 saturated heterocycles. The molecule has 0 aliphatic carbocycles. The number of furan rings is 1. The van der Waals surface area contributed by atoms with Crippen molar-refractivity contribution in [3.63, 3.8) is 0 Å². The van der Waals surface area contributed by atoms with Crippen molar-refractivity contribution in [3.05, 3.63) is 90.6 Å². The Kier molecular flexibility index (Phi) is 3.65. The highest BCUT2D eigenvalue weighted by Gasteiger charge is 2.19. The largest absolute Gasteiger partial charge is 0.464 e. The molecule has 3 heterocycles. The van der Waals surface area contributed by atoms with Crippen LogP contribution in [0.25, 0.3) is 43.8 Å². The predicted molar refractivity (Wildman–Crippen MR) is 107 cm³/mol. The van der Waals surface area contributed by atoms with Crippen molar-refractivity contribution >= 4 is 22.1 Å². The van der Waals surface area contributed by atoms with Crippen LogP contribution in [0.3, 0.4) is 0 Å². The summed E-state index contributed by atoms with van der Waals surface area (Å²) in [6.07, 6.45) is 3.52. The molecule has 5 rings (SSSR count). The van der Waals surface area contributed by atoms with E-state index in [4.69, 9.17) is 4.42 Å². The van der Waals surface area contributed by atoms with E-state index in [1.54, 1.807) is 17.6 Å². The van der Waals surface area contributed by atoms with Gasteiger partial charge in [0.2, 0.25) is 0 Å². The molecule has 0 spiro atoms. The van der Waals surface area contributed by atoms with Gasteiger partial charge in [0.05, 0.1) is 12.0 Å². The molecule has 0 bridgehead atoms. The van der Waals surface area contributed by atoms with Crippen molar-refractivity contribution in [3.8, 4) is 33.0 Å². The monoisotopic (exact) mass is 352 g/mol. The molecule has 1 radical (unpaired) electrons. The molecular weight excluding hydrogens is 338 g/mol. The molecule has 3 heteroatoms. The molecule has 0 aliphatic heterocycles. The van der Waals surface area contributed by atoms with Gasteiger partial charge in [-0.3, -0.25) is 4.98 Å². The minimum Gasteiger partial charge on any atom is -0.464 e. The molecule has 0 saturated carbocycles. The summed E-state index contributed by atoms with van der Waals surface area (Å²) in [5.74, 6) is 0.800. The van der Waals surface area contributed by atoms with E-state index in [0.29, 0.717) is 0 Å². The van der Waals surface area contributed by atoms with Crippen LogP contribution in [-0.4, -0.2) is 4.98 Å². The second-order valence-corrected chi connectivity index (χ2v) is 6.91. The Morgan fingerprint density at radius 2 is 1.69 bits per heavy atom. The van der Waals surface area contributed by atoms with Crippen LogP contribution in [0.4, 0.5) is 0 Å². The highest BCUT2D eigenvalue weighted by molar-refractivity contribution is 7.13. The van der Waals surface area contributed by atoms with Crippen LogP contribution in [-0.2, 0) is 0 Å². The van der Waals surface area contributed by atoms with E-state index < -0.39 is 0 Å². The van der Waals surface area contributed by atoms with Gasteiger partial charge in [0, 0.05) is 33.8 Å². The van der Waals surface area contributed by atoms with E-state index in [1.807, 2.05) is 36.5 Å². The number of pyridine rings is 1. The molecule has 26 heavy (non-hydrogen) atoms. The zero-order valence-electron chi connectivity index (χ0n) is 13.8. The predicted octanol–water partition coefficient (Wildman–Crippen LogP) is 6.69. The maximum absolute atomic E-state index is 5.75. The molecule has 0 unspecified atom stereocenters. The zero-order valence-corrected chi connectivity index (χ0v) is 14.7. The van der Waals surface area contributed by atoms with Gasteiger partial charge < -0.3 is 4.42 Å². The number of rotatable bonds is 3. The van der Waals surface area contributed by atoms with E-state index in [-0.39, 0.29) is 0 Å². The Morgan fingerprint density at radius 1 is 0.808 bits per heavy atom. The number of hydrogen-bond acceptors (Lipinski definition) is 3. The summed E-state index contributed by atoms with van der Waals surface area (Å²) in [5, 5.41) is 4.42. The van der Waals surface area contributed by atoms with Crippen LogP contribution in [0, 0.1) is 6.07 Å². The number of fused-ring (bicyclic) bond motifs is 1. The summed E-state index contributed by atoms with van der Waals surface area (Å²) in [5.41, 5.74) is 4.01. The molecule has 2 aromatic carbocycles. The van der Waals surface area contributed by atoms with E-state index in [2.05, 4.69) is 52.8 Å². The minimum atomic E-state index is 0.800. The fraction of sp³-hybridized carbons (Fsp3) is 0. The summed E-state index contributed by atoms with van der Waals surface area (Å²) < 4.78 is 5.75. The van der Waals surface area contributed by atoms with Gasteiger partial charge in [-0.1, -0.05) is 36.4 Å². The summed E-state index contributed by atoms with van der Waals surface area (Å²) in [7, 11) is 0. The van der Waals surface area contributed by atoms with Crippen LogP contribution >= 0.6 is 11.3 Å². The van der Waals surface area contributed by atoms with Crippen LogP contribution in [0.15, 0.2) is 89.0 Å². The van der Waals surface area contributed by atoms with Gasteiger partial charge in [-0.25, -0.2) is 0 Å². The van der Waals surface area contributed by atoms with Gasteiger partial charge in [-0.05, 0) is 46.5 Å². The molecule has 0 fully saturated rings. The van der Waals surface area contributed by atoms with Crippen molar-refractivity contribution in [2.75, 3.05) is 0 Å². The molecule has 3 aromatic heterocycles. The second kappa shape index (κ2) is 6.28. The maximum Gasteiger partial charge on any atom is 0.135 e. The Morgan fingerprint density at radius 3 is 2.42 bits per heavy atom. The topological polar surface area (TPSA) is 26.0 Å². The number of aromatic nitrogens is 1. The number of hydrogen-bond donors (Lipinski definition) is 0. The fourth-order valence-electron chi connectivity index (χ4n) is 3.31. The molecule has 0 amide bonds. The summed E-state index contributed by atoms with van der Waals surface area (Å²) in [6.45, 7) is 0. The Balaban J connectivity index is 1.94. The third-order valence-electron chi connectivity index (χ3n) is 4.42. The van der Waals surface area contributed by atoms with Crippen molar-refractivity contribution < 1.29 is 4.42 Å². The van der Waals surface area contributed by atoms with E-state index in [0.717, 1.165) is 33.5 Å². The Hall–Kier alpha value is -3.17. The van der Waals surface area contributed by atoms with Gasteiger partial charge in [-0.2, -0.15) is 0 Å². The molecular formula is C23H14NOS. The number of thiophene rings is 1. The van der Waals surface area contributed by atoms with Gasteiger partial charge in [0.25, 0.3) is 0 Å². The van der Waals surface area contributed by atoms with E-state index in [9.17, 15) is 0 Å². The fourth-order valence-corrected chi connectivity index (χ4v) is 4.05. The molecule has 5 aromatic rings. The van der Waals surface area contributed by atoms with Crippen molar-refractivity contribution in [2.24, 2.45) is 0 Å². The molecule has 123 valence electrons. The quantitative estimate of drug-likeness (QED) is 0.361. The van der Waals surface area contributed by atoms with Crippen molar-refractivity contribution in [1.29, 1.82) is 0 Å². The molecule has 0 atom stereocenters. The lowest BCUT2D eigenvalue weighted by Crippen LogP contribution is -1.92. The first-order chi connectivity index (χ1) is 12.9. The first-order valence-electron chi connectivity index (χ1n) is 8.39. The van der Waals surface area contributed by atoms with Crippen molar-refractivity contribution in [2.45, 2.75) is 0 Å². The lowest BCUT2D eigenvalue weighted by atomic mass is 9.91. The van der Waals surface area contributed by atoms with Crippen LogP contribution in [0.1, 0.15) is 0 Å². The lowest BCUT2D eigenvalue weighted by Gasteiger charge is -2.14. The molecule has 0 N–H and O–H groups in total.